The molecule has 0 saturated carbocycles. The molecule has 0 spiro atoms. The summed E-state index contributed by atoms with van der Waals surface area (Å²) in [5, 5.41) is 0.594. The molecule has 4 nitrogen and oxygen atoms in total. The molecular formula is C15H20ClN3O. The maximum absolute atomic E-state index is 6.30. The lowest BCUT2D eigenvalue weighted by Crippen LogP contribution is -2.05. The zero-order valence-corrected chi connectivity index (χ0v) is 12.9. The molecule has 1 aromatic carbocycles. The zero-order valence-electron chi connectivity index (χ0n) is 12.1. The van der Waals surface area contributed by atoms with Crippen LogP contribution in [-0.2, 0) is 6.54 Å². The van der Waals surface area contributed by atoms with Gasteiger partial charge in [0.1, 0.15) is 23.1 Å². The molecule has 0 unspecified atom stereocenters. The van der Waals surface area contributed by atoms with E-state index in [4.69, 9.17) is 22.1 Å². The Balaban J connectivity index is 2.54. The predicted molar refractivity (Wildman–Crippen MR) is 83.3 cm³/mol. The van der Waals surface area contributed by atoms with Gasteiger partial charge in [-0.25, -0.2) is 4.98 Å². The first-order valence-electron chi connectivity index (χ1n) is 6.75. The van der Waals surface area contributed by atoms with Gasteiger partial charge in [-0.1, -0.05) is 31.0 Å². The van der Waals surface area contributed by atoms with Crippen LogP contribution in [0.4, 0.5) is 5.82 Å². The van der Waals surface area contributed by atoms with Crippen LogP contribution in [0.2, 0.25) is 5.02 Å². The van der Waals surface area contributed by atoms with Crippen LogP contribution < -0.4 is 10.5 Å². The number of hydrogen-bond donors (Lipinski definition) is 1. The van der Waals surface area contributed by atoms with Gasteiger partial charge in [-0.2, -0.15) is 0 Å². The maximum atomic E-state index is 6.30. The van der Waals surface area contributed by atoms with Gasteiger partial charge in [0.05, 0.1) is 17.7 Å². The molecule has 2 aromatic rings. The number of anilines is 1. The largest absolute Gasteiger partial charge is 0.496 e. The predicted octanol–water partition coefficient (Wildman–Crippen LogP) is 3.90. The van der Waals surface area contributed by atoms with Gasteiger partial charge in [-0.3, -0.25) is 0 Å². The fourth-order valence-electron chi connectivity index (χ4n) is 2.27. The Hall–Kier alpha value is -1.68. The first-order valence-corrected chi connectivity index (χ1v) is 7.13. The number of benzene rings is 1. The minimum atomic E-state index is 0.594. The fraction of sp³-hybridized carbons (Fsp3) is 0.400. The van der Waals surface area contributed by atoms with Crippen molar-refractivity contribution < 1.29 is 4.74 Å². The molecule has 20 heavy (non-hydrogen) atoms. The van der Waals surface area contributed by atoms with Gasteiger partial charge in [0, 0.05) is 6.54 Å². The van der Waals surface area contributed by atoms with Crippen LogP contribution in [0.1, 0.15) is 25.6 Å². The van der Waals surface area contributed by atoms with E-state index in [1.807, 2.05) is 29.7 Å². The lowest BCUT2D eigenvalue weighted by atomic mass is 10.1. The molecule has 0 aliphatic rings. The molecule has 0 aliphatic heterocycles. The number of rotatable bonds is 5. The lowest BCUT2D eigenvalue weighted by Gasteiger charge is -2.10. The average molecular weight is 294 g/mol. The summed E-state index contributed by atoms with van der Waals surface area (Å²) in [6.07, 6.45) is 2.18. The summed E-state index contributed by atoms with van der Waals surface area (Å²) in [7, 11) is 1.62. The number of nitrogen functional groups attached to an aromatic ring is 1. The Morgan fingerprint density at radius 2 is 2.15 bits per heavy atom. The topological polar surface area (TPSA) is 53.1 Å². The van der Waals surface area contributed by atoms with Crippen LogP contribution in [-0.4, -0.2) is 16.7 Å². The van der Waals surface area contributed by atoms with Crippen LogP contribution >= 0.6 is 11.6 Å². The van der Waals surface area contributed by atoms with Gasteiger partial charge in [0.2, 0.25) is 0 Å². The van der Waals surface area contributed by atoms with E-state index in [9.17, 15) is 0 Å². The molecule has 2 N–H and O–H groups in total. The SMILES string of the molecule is CCCCn1c(C)nc(-c2c(Cl)cccc2OC)c1N. The van der Waals surface area contributed by atoms with Crippen LogP contribution in [0.5, 0.6) is 5.75 Å². The van der Waals surface area contributed by atoms with Crippen molar-refractivity contribution >= 4 is 17.4 Å². The third-order valence-corrected chi connectivity index (χ3v) is 3.68. The minimum Gasteiger partial charge on any atom is -0.496 e. The minimum absolute atomic E-state index is 0.594. The third kappa shape index (κ3) is 2.61. The molecule has 108 valence electrons. The van der Waals surface area contributed by atoms with Gasteiger partial charge < -0.3 is 15.0 Å². The second-order valence-corrected chi connectivity index (χ2v) is 5.12. The highest BCUT2D eigenvalue weighted by atomic mass is 35.5. The Labute approximate surface area is 124 Å². The standard InChI is InChI=1S/C15H20ClN3O/c1-4-5-9-19-10(2)18-14(15(19)17)13-11(16)7-6-8-12(13)20-3/h6-8H,4-5,9,17H2,1-3H3. The lowest BCUT2D eigenvalue weighted by molar-refractivity contribution is 0.416. The molecule has 0 radical (unpaired) electrons. The fourth-order valence-corrected chi connectivity index (χ4v) is 2.52. The molecule has 0 fully saturated rings. The van der Waals surface area contributed by atoms with Crippen molar-refractivity contribution in [3.05, 3.63) is 29.0 Å². The average Bonchev–Trinajstić information content (AvgIpc) is 2.71. The van der Waals surface area contributed by atoms with E-state index in [-0.39, 0.29) is 0 Å². The number of nitrogens with two attached hydrogens (primary N) is 1. The molecule has 0 amide bonds. The summed E-state index contributed by atoms with van der Waals surface area (Å²) in [5.41, 5.74) is 7.71. The molecule has 0 bridgehead atoms. The molecule has 0 saturated heterocycles. The number of nitrogens with zero attached hydrogens (tertiary/aromatic N) is 2. The van der Waals surface area contributed by atoms with Gasteiger partial charge in [-0.15, -0.1) is 0 Å². The van der Waals surface area contributed by atoms with Crippen molar-refractivity contribution in [3.8, 4) is 17.0 Å². The molecular weight excluding hydrogens is 274 g/mol. The van der Waals surface area contributed by atoms with E-state index >= 15 is 0 Å². The highest BCUT2D eigenvalue weighted by Gasteiger charge is 2.19. The molecule has 1 heterocycles. The Bertz CT molecular complexity index is 607. The smallest absolute Gasteiger partial charge is 0.131 e. The van der Waals surface area contributed by atoms with E-state index in [1.165, 1.54) is 0 Å². The molecule has 5 heteroatoms. The van der Waals surface area contributed by atoms with E-state index in [0.29, 0.717) is 22.3 Å². The van der Waals surface area contributed by atoms with Crippen molar-refractivity contribution in [2.75, 3.05) is 12.8 Å². The van der Waals surface area contributed by atoms with Crippen molar-refractivity contribution in [3.63, 3.8) is 0 Å². The summed E-state index contributed by atoms with van der Waals surface area (Å²) >= 11 is 6.30. The zero-order chi connectivity index (χ0) is 14.7. The summed E-state index contributed by atoms with van der Waals surface area (Å²) in [6, 6.07) is 5.53. The number of ether oxygens (including phenoxy) is 1. The summed E-state index contributed by atoms with van der Waals surface area (Å²) in [4.78, 5) is 4.58. The number of hydrogen-bond acceptors (Lipinski definition) is 3. The van der Waals surface area contributed by atoms with Crippen LogP contribution in [0, 0.1) is 6.92 Å². The van der Waals surface area contributed by atoms with E-state index < -0.39 is 0 Å². The second kappa shape index (κ2) is 6.18. The van der Waals surface area contributed by atoms with Gasteiger partial charge >= 0.3 is 0 Å². The number of methoxy groups -OCH3 is 1. The van der Waals surface area contributed by atoms with Gasteiger partial charge in [0.25, 0.3) is 0 Å². The second-order valence-electron chi connectivity index (χ2n) is 4.72. The number of halogens is 1. The normalized spacial score (nSPS) is 10.8. The van der Waals surface area contributed by atoms with Gasteiger partial charge in [0.15, 0.2) is 0 Å². The Morgan fingerprint density at radius 3 is 2.80 bits per heavy atom. The molecule has 0 atom stereocenters. The van der Waals surface area contributed by atoms with Crippen LogP contribution in [0.25, 0.3) is 11.3 Å². The monoisotopic (exact) mass is 293 g/mol. The van der Waals surface area contributed by atoms with Gasteiger partial charge in [-0.05, 0) is 25.5 Å². The number of unbranched alkanes of at least 4 members (excludes halogenated alkanes) is 1. The highest BCUT2D eigenvalue weighted by Crippen LogP contribution is 2.38. The van der Waals surface area contributed by atoms with E-state index in [1.54, 1.807) is 7.11 Å². The van der Waals surface area contributed by atoms with Crippen molar-refractivity contribution in [2.45, 2.75) is 33.2 Å². The van der Waals surface area contributed by atoms with Crippen molar-refractivity contribution in [1.82, 2.24) is 9.55 Å². The number of aromatic nitrogens is 2. The molecule has 2 rings (SSSR count). The van der Waals surface area contributed by atoms with Crippen molar-refractivity contribution in [2.24, 2.45) is 0 Å². The van der Waals surface area contributed by atoms with Crippen molar-refractivity contribution in [1.29, 1.82) is 0 Å². The number of imidazole rings is 1. The highest BCUT2D eigenvalue weighted by molar-refractivity contribution is 6.33. The molecule has 0 aliphatic carbocycles. The Morgan fingerprint density at radius 1 is 1.40 bits per heavy atom. The third-order valence-electron chi connectivity index (χ3n) is 3.37. The molecule has 1 aromatic heterocycles. The Kier molecular flexibility index (Phi) is 4.55. The number of aryl methyl sites for hydroxylation is 1. The first kappa shape index (κ1) is 14.7. The van der Waals surface area contributed by atoms with Crippen LogP contribution in [0.3, 0.4) is 0 Å². The van der Waals surface area contributed by atoms with E-state index in [2.05, 4.69) is 11.9 Å². The van der Waals surface area contributed by atoms with E-state index in [0.717, 1.165) is 30.8 Å². The summed E-state index contributed by atoms with van der Waals surface area (Å²) in [6.45, 7) is 4.98. The quantitative estimate of drug-likeness (QED) is 0.909. The maximum Gasteiger partial charge on any atom is 0.131 e. The van der Waals surface area contributed by atoms with Crippen LogP contribution in [0.15, 0.2) is 18.2 Å². The summed E-state index contributed by atoms with van der Waals surface area (Å²) < 4.78 is 7.41. The summed E-state index contributed by atoms with van der Waals surface area (Å²) in [5.74, 6) is 2.22. The first-order chi connectivity index (χ1) is 9.60.